The second-order valence-corrected chi connectivity index (χ2v) is 14.9. The van der Waals surface area contributed by atoms with Crippen LogP contribution >= 0.6 is 0 Å². The Kier molecular flexibility index (Phi) is 6.93. The molecule has 0 radical (unpaired) electrons. The van der Waals surface area contributed by atoms with Gasteiger partial charge in [0.25, 0.3) is 0 Å². The largest absolute Gasteiger partial charge is 0.309 e. The van der Waals surface area contributed by atoms with Crippen molar-refractivity contribution in [1.82, 2.24) is 14.5 Å². The van der Waals surface area contributed by atoms with Crippen LogP contribution in [0.15, 0.2) is 200 Å². The van der Waals surface area contributed by atoms with Crippen LogP contribution in [0.3, 0.4) is 0 Å². The van der Waals surface area contributed by atoms with Gasteiger partial charge in [0.05, 0.1) is 39.6 Å². The summed E-state index contributed by atoms with van der Waals surface area (Å²) in [5, 5.41) is 12.1. The molecule has 2 heterocycles. The lowest BCUT2D eigenvalue weighted by Gasteiger charge is -2.17. The molecule has 10 aromatic carbocycles. The van der Waals surface area contributed by atoms with Crippen molar-refractivity contribution in [2.75, 3.05) is 0 Å². The second kappa shape index (κ2) is 12.5. The molecule has 0 spiro atoms. The maximum atomic E-state index is 5.30. The average Bonchev–Trinajstić information content (AvgIpc) is 3.62. The highest BCUT2D eigenvalue weighted by molar-refractivity contribution is 6.23. The van der Waals surface area contributed by atoms with Gasteiger partial charge in [0.15, 0.2) is 0 Å². The van der Waals surface area contributed by atoms with E-state index in [0.717, 1.165) is 38.6 Å². The molecular weight excluding hydrogens is 691 g/mol. The molecule has 0 aliphatic heterocycles. The predicted molar refractivity (Wildman–Crippen MR) is 240 cm³/mol. The van der Waals surface area contributed by atoms with Crippen LogP contribution in [-0.2, 0) is 0 Å². The molecular formula is C54H33N3. The first-order chi connectivity index (χ1) is 28.3. The SMILES string of the molecule is c1cc(-c2cnc3c4ccccc4c4ccccc4c3n2)cc(-c2cccc3c(-c4ccc(-n5c6ccccc6c6ccccc65)c5ccccc45)cccc23)c1. The van der Waals surface area contributed by atoms with E-state index in [4.69, 9.17) is 9.97 Å². The monoisotopic (exact) mass is 723 g/mol. The molecule has 0 aliphatic carbocycles. The second-order valence-electron chi connectivity index (χ2n) is 14.9. The summed E-state index contributed by atoms with van der Waals surface area (Å²) < 4.78 is 2.43. The van der Waals surface area contributed by atoms with Crippen molar-refractivity contribution in [3.05, 3.63) is 200 Å². The van der Waals surface area contributed by atoms with Gasteiger partial charge >= 0.3 is 0 Å². The Morgan fingerprint density at radius 3 is 1.49 bits per heavy atom. The first-order valence-corrected chi connectivity index (χ1v) is 19.5. The van der Waals surface area contributed by atoms with Crippen molar-refractivity contribution in [3.63, 3.8) is 0 Å². The van der Waals surface area contributed by atoms with Crippen molar-refractivity contribution in [3.8, 4) is 39.2 Å². The van der Waals surface area contributed by atoms with E-state index in [1.807, 2.05) is 6.20 Å². The summed E-state index contributed by atoms with van der Waals surface area (Å²) in [7, 11) is 0. The smallest absolute Gasteiger partial charge is 0.0979 e. The minimum atomic E-state index is 0.862. The molecule has 0 fully saturated rings. The number of para-hydroxylation sites is 2. The molecule has 0 N–H and O–H groups in total. The highest BCUT2D eigenvalue weighted by Crippen LogP contribution is 2.42. The molecule has 3 nitrogen and oxygen atoms in total. The minimum Gasteiger partial charge on any atom is -0.309 e. The van der Waals surface area contributed by atoms with E-state index < -0.39 is 0 Å². The van der Waals surface area contributed by atoms with Crippen LogP contribution in [0.2, 0.25) is 0 Å². The van der Waals surface area contributed by atoms with E-state index in [1.165, 1.54) is 76.5 Å². The van der Waals surface area contributed by atoms with E-state index in [9.17, 15) is 0 Å². The van der Waals surface area contributed by atoms with Crippen LogP contribution in [0, 0.1) is 0 Å². The van der Waals surface area contributed by atoms with Gasteiger partial charge in [-0.25, -0.2) is 4.98 Å². The van der Waals surface area contributed by atoms with Crippen molar-refractivity contribution in [1.29, 1.82) is 0 Å². The maximum Gasteiger partial charge on any atom is 0.0979 e. The fraction of sp³-hybridized carbons (Fsp3) is 0. The molecule has 0 amide bonds. The molecule has 0 bridgehead atoms. The zero-order chi connectivity index (χ0) is 37.5. The number of benzene rings is 10. The van der Waals surface area contributed by atoms with Crippen LogP contribution in [0.25, 0.3) is 115 Å². The van der Waals surface area contributed by atoms with Crippen LogP contribution in [-0.4, -0.2) is 14.5 Å². The Labute approximate surface area is 328 Å². The number of hydrogen-bond donors (Lipinski definition) is 0. The molecule has 0 unspecified atom stereocenters. The molecule has 12 rings (SSSR count). The third-order valence-corrected chi connectivity index (χ3v) is 11.8. The van der Waals surface area contributed by atoms with Gasteiger partial charge in [0.2, 0.25) is 0 Å². The van der Waals surface area contributed by atoms with Gasteiger partial charge in [0, 0.05) is 32.5 Å². The lowest BCUT2D eigenvalue weighted by molar-refractivity contribution is 1.20. The Bertz CT molecular complexity index is 3510. The number of hydrogen-bond acceptors (Lipinski definition) is 2. The zero-order valence-corrected chi connectivity index (χ0v) is 30.9. The highest BCUT2D eigenvalue weighted by Gasteiger charge is 2.18. The molecule has 3 heteroatoms. The Morgan fingerprint density at radius 2 is 0.789 bits per heavy atom. The quantitative estimate of drug-likeness (QED) is 0.169. The normalized spacial score (nSPS) is 11.9. The summed E-state index contributed by atoms with van der Waals surface area (Å²) in [6.45, 7) is 0. The average molecular weight is 724 g/mol. The summed E-state index contributed by atoms with van der Waals surface area (Å²) in [4.78, 5) is 10.3. The van der Waals surface area contributed by atoms with Crippen LogP contribution in [0.4, 0.5) is 0 Å². The Morgan fingerprint density at radius 1 is 0.316 bits per heavy atom. The number of fused-ring (bicyclic) bond motifs is 11. The van der Waals surface area contributed by atoms with Crippen LogP contribution in [0.1, 0.15) is 0 Å². The third kappa shape index (κ3) is 4.79. The standard InChI is InChI=1S/C54H33N3/c1-4-19-44-40(16-1)43(30-31-52(44)57-50-28-9-7-20-45(50)46-21-8-10-29-51(46)57)39-27-13-25-37-36(24-12-26-38(37)39)34-14-11-15-35(32-34)49-33-55-53-47-22-5-2-17-41(47)42-18-3-6-23-48(42)54(53)56-49/h1-33H. The van der Waals surface area contributed by atoms with Crippen molar-refractivity contribution in [2.24, 2.45) is 0 Å². The van der Waals surface area contributed by atoms with Gasteiger partial charge < -0.3 is 4.57 Å². The van der Waals surface area contributed by atoms with Gasteiger partial charge in [-0.05, 0) is 73.5 Å². The van der Waals surface area contributed by atoms with Gasteiger partial charge in [-0.2, -0.15) is 0 Å². The molecule has 0 aliphatic rings. The van der Waals surface area contributed by atoms with E-state index in [0.29, 0.717) is 0 Å². The molecule has 0 saturated carbocycles. The molecule has 12 aromatic rings. The fourth-order valence-electron chi connectivity index (χ4n) is 9.30. The van der Waals surface area contributed by atoms with Crippen molar-refractivity contribution in [2.45, 2.75) is 0 Å². The van der Waals surface area contributed by atoms with E-state index in [1.54, 1.807) is 0 Å². The number of nitrogens with zero attached hydrogens (tertiary/aromatic N) is 3. The minimum absolute atomic E-state index is 0.862. The molecule has 0 atom stereocenters. The number of rotatable bonds is 4. The lowest BCUT2D eigenvalue weighted by Crippen LogP contribution is -1.96. The first-order valence-electron chi connectivity index (χ1n) is 19.5. The molecule has 2 aromatic heterocycles. The van der Waals surface area contributed by atoms with Gasteiger partial charge in [-0.1, -0.05) is 170 Å². The topological polar surface area (TPSA) is 30.7 Å². The number of aromatic nitrogens is 3. The van der Waals surface area contributed by atoms with Gasteiger partial charge in [0.1, 0.15) is 0 Å². The Balaban J connectivity index is 1.00. The van der Waals surface area contributed by atoms with Crippen molar-refractivity contribution < 1.29 is 0 Å². The zero-order valence-electron chi connectivity index (χ0n) is 30.9. The van der Waals surface area contributed by atoms with Gasteiger partial charge in [-0.15, -0.1) is 0 Å². The fourth-order valence-corrected chi connectivity index (χ4v) is 9.30. The Hall–Kier alpha value is -7.62. The summed E-state index contributed by atoms with van der Waals surface area (Å²) in [6, 6.07) is 70.1. The molecule has 57 heavy (non-hydrogen) atoms. The van der Waals surface area contributed by atoms with E-state index in [-0.39, 0.29) is 0 Å². The third-order valence-electron chi connectivity index (χ3n) is 11.8. The highest BCUT2D eigenvalue weighted by atomic mass is 15.0. The van der Waals surface area contributed by atoms with Crippen molar-refractivity contribution >= 4 is 75.9 Å². The lowest BCUT2D eigenvalue weighted by atomic mass is 9.90. The predicted octanol–water partition coefficient (Wildman–Crippen LogP) is 14.3. The maximum absolute atomic E-state index is 5.30. The summed E-state index contributed by atoms with van der Waals surface area (Å²) >= 11 is 0. The first kappa shape index (κ1) is 31.7. The van der Waals surface area contributed by atoms with Crippen LogP contribution < -0.4 is 0 Å². The summed E-state index contributed by atoms with van der Waals surface area (Å²) in [5.74, 6) is 0. The summed E-state index contributed by atoms with van der Waals surface area (Å²) in [5.41, 5.74) is 12.1. The van der Waals surface area contributed by atoms with Gasteiger partial charge in [-0.3, -0.25) is 4.98 Å². The van der Waals surface area contributed by atoms with Crippen LogP contribution in [0.5, 0.6) is 0 Å². The summed E-state index contributed by atoms with van der Waals surface area (Å²) in [6.07, 6.45) is 1.93. The van der Waals surface area contributed by atoms with E-state index >= 15 is 0 Å². The molecule has 0 saturated heterocycles. The van der Waals surface area contributed by atoms with E-state index in [2.05, 4.69) is 199 Å². The molecule has 264 valence electrons.